The molecule has 5 rings (SSSR count). The molecule has 1 aliphatic carbocycles. The number of hydrogen-bond acceptors (Lipinski definition) is 5. The molecule has 0 aliphatic heterocycles. The lowest BCUT2D eigenvalue weighted by Crippen LogP contribution is -2.44. The zero-order chi connectivity index (χ0) is 23.5. The molecule has 3 heterocycles. The second-order valence-electron chi connectivity index (χ2n) is 9.35. The van der Waals surface area contributed by atoms with Gasteiger partial charge in [0, 0.05) is 36.1 Å². The van der Waals surface area contributed by atoms with E-state index in [1.165, 1.54) is 12.8 Å². The second kappa shape index (κ2) is 9.73. The third-order valence-corrected chi connectivity index (χ3v) is 6.39. The first-order chi connectivity index (χ1) is 16.6. The fraction of sp³-hybridized carbons (Fsp3) is 0.333. The number of rotatable bonds is 9. The number of aromatic nitrogens is 4. The van der Waals surface area contributed by atoms with Gasteiger partial charge in [0.1, 0.15) is 0 Å². The molecule has 1 atom stereocenters. The molecule has 2 N–H and O–H groups in total. The topological polar surface area (TPSA) is 84.2 Å². The quantitative estimate of drug-likeness (QED) is 0.396. The maximum Gasteiger partial charge on any atom is 0.251 e. The molecule has 0 bridgehead atoms. The van der Waals surface area contributed by atoms with Crippen molar-refractivity contribution in [2.75, 3.05) is 13.1 Å². The molecule has 1 saturated carbocycles. The van der Waals surface area contributed by atoms with Crippen molar-refractivity contribution >= 4 is 11.6 Å². The summed E-state index contributed by atoms with van der Waals surface area (Å²) in [6, 6.07) is 15.8. The second-order valence-corrected chi connectivity index (χ2v) is 9.35. The van der Waals surface area contributed by atoms with E-state index in [-0.39, 0.29) is 11.9 Å². The van der Waals surface area contributed by atoms with E-state index >= 15 is 0 Å². The fourth-order valence-electron chi connectivity index (χ4n) is 4.03. The molecule has 0 saturated heterocycles. The van der Waals surface area contributed by atoms with Gasteiger partial charge in [-0.1, -0.05) is 44.2 Å². The van der Waals surface area contributed by atoms with Crippen LogP contribution in [0.5, 0.6) is 0 Å². The first kappa shape index (κ1) is 22.2. The van der Waals surface area contributed by atoms with Crippen molar-refractivity contribution in [3.05, 3.63) is 72.7 Å². The molecule has 3 aromatic heterocycles. The van der Waals surface area contributed by atoms with Crippen LogP contribution >= 0.6 is 0 Å². The summed E-state index contributed by atoms with van der Waals surface area (Å²) in [7, 11) is 0. The predicted octanol–water partition coefficient (Wildman–Crippen LogP) is 4.21. The number of fused-ring (bicyclic) bond motifs is 1. The van der Waals surface area contributed by atoms with Gasteiger partial charge in [0.15, 0.2) is 5.65 Å². The number of carbonyl (C=O) groups is 1. The van der Waals surface area contributed by atoms with Gasteiger partial charge < -0.3 is 10.6 Å². The number of nitrogens with zero attached hydrogens (tertiary/aromatic N) is 4. The first-order valence-electron chi connectivity index (χ1n) is 12.0. The van der Waals surface area contributed by atoms with E-state index in [1.807, 2.05) is 48.7 Å². The molecular weight excluding hydrogens is 424 g/mol. The average molecular weight is 455 g/mol. The van der Waals surface area contributed by atoms with E-state index in [0.29, 0.717) is 29.4 Å². The number of carbonyl (C=O) groups excluding carboxylic acids is 1. The largest absolute Gasteiger partial charge is 0.350 e. The molecule has 7 nitrogen and oxygen atoms in total. The van der Waals surface area contributed by atoms with Crippen LogP contribution in [0.3, 0.4) is 0 Å². The van der Waals surface area contributed by atoms with Gasteiger partial charge in [-0.05, 0) is 49.4 Å². The minimum Gasteiger partial charge on any atom is -0.350 e. The predicted molar refractivity (Wildman–Crippen MR) is 133 cm³/mol. The molecule has 1 amide bonds. The number of pyridine rings is 1. The summed E-state index contributed by atoms with van der Waals surface area (Å²) < 4.78 is 1.73. The number of amides is 1. The van der Waals surface area contributed by atoms with Gasteiger partial charge in [0.05, 0.1) is 23.1 Å². The Kier molecular flexibility index (Phi) is 6.36. The maximum absolute atomic E-state index is 12.9. The minimum absolute atomic E-state index is 0.100. The zero-order valence-electron chi connectivity index (χ0n) is 19.6. The van der Waals surface area contributed by atoms with Gasteiger partial charge in [0.2, 0.25) is 0 Å². The Balaban J connectivity index is 1.34. The molecule has 1 fully saturated rings. The lowest BCUT2D eigenvalue weighted by Gasteiger charge is -2.23. The molecule has 4 aromatic rings. The highest BCUT2D eigenvalue weighted by atomic mass is 16.1. The zero-order valence-corrected chi connectivity index (χ0v) is 19.6. The van der Waals surface area contributed by atoms with Gasteiger partial charge in [0.25, 0.3) is 5.91 Å². The van der Waals surface area contributed by atoms with Crippen molar-refractivity contribution in [2.24, 2.45) is 11.8 Å². The van der Waals surface area contributed by atoms with E-state index in [4.69, 9.17) is 4.98 Å². The fourth-order valence-corrected chi connectivity index (χ4v) is 4.03. The maximum atomic E-state index is 12.9. The van der Waals surface area contributed by atoms with Crippen LogP contribution in [0.2, 0.25) is 0 Å². The average Bonchev–Trinajstić information content (AvgIpc) is 3.60. The van der Waals surface area contributed by atoms with E-state index in [9.17, 15) is 4.79 Å². The molecule has 1 aromatic carbocycles. The summed E-state index contributed by atoms with van der Waals surface area (Å²) in [5.41, 5.74) is 4.64. The summed E-state index contributed by atoms with van der Waals surface area (Å²) in [5, 5.41) is 11.1. The number of benzene rings is 1. The highest BCUT2D eigenvalue weighted by Crippen LogP contribution is 2.28. The minimum atomic E-state index is -0.100. The van der Waals surface area contributed by atoms with Gasteiger partial charge >= 0.3 is 0 Å². The molecule has 0 spiro atoms. The van der Waals surface area contributed by atoms with E-state index in [2.05, 4.69) is 34.6 Å². The standard InChI is InChI=1S/C27H30N6O/c1-18(2)25(29-15-19-8-9-19)17-30-27(34)21-10-12-28-24(14-21)22-16-31-33-13-11-23(32-26(22)33)20-6-4-3-5-7-20/h3-7,10-14,16,18-19,25,29H,8-9,15,17H2,1-2H3,(H,30,34). The van der Waals surface area contributed by atoms with E-state index < -0.39 is 0 Å². The molecular formula is C27H30N6O. The summed E-state index contributed by atoms with van der Waals surface area (Å²) in [4.78, 5) is 22.3. The van der Waals surface area contributed by atoms with Crippen molar-refractivity contribution in [3.63, 3.8) is 0 Å². The Hall–Kier alpha value is -3.58. The molecule has 1 aliphatic rings. The van der Waals surface area contributed by atoms with Crippen molar-refractivity contribution in [1.82, 2.24) is 30.2 Å². The van der Waals surface area contributed by atoms with Gasteiger partial charge in [-0.25, -0.2) is 9.50 Å². The third kappa shape index (κ3) is 4.99. The number of nitrogens with one attached hydrogen (secondary N) is 2. The Labute approximate surface area is 199 Å². The van der Waals surface area contributed by atoms with E-state index in [0.717, 1.165) is 29.3 Å². The highest BCUT2D eigenvalue weighted by Gasteiger charge is 2.23. The van der Waals surface area contributed by atoms with Crippen molar-refractivity contribution < 1.29 is 4.79 Å². The van der Waals surface area contributed by atoms with Crippen LogP contribution in [0.4, 0.5) is 0 Å². The van der Waals surface area contributed by atoms with Crippen molar-refractivity contribution in [3.8, 4) is 22.5 Å². The molecule has 0 radical (unpaired) electrons. The highest BCUT2D eigenvalue weighted by molar-refractivity contribution is 5.95. The molecule has 174 valence electrons. The first-order valence-corrected chi connectivity index (χ1v) is 12.0. The Bertz CT molecular complexity index is 1280. The molecule has 1 unspecified atom stereocenters. The van der Waals surface area contributed by atoms with Crippen LogP contribution in [-0.4, -0.2) is 44.6 Å². The Morgan fingerprint density at radius 1 is 1.12 bits per heavy atom. The Morgan fingerprint density at radius 3 is 2.71 bits per heavy atom. The summed E-state index contributed by atoms with van der Waals surface area (Å²) >= 11 is 0. The summed E-state index contributed by atoms with van der Waals surface area (Å²) in [6.45, 7) is 6.00. The monoisotopic (exact) mass is 454 g/mol. The van der Waals surface area contributed by atoms with Crippen LogP contribution in [0.25, 0.3) is 28.2 Å². The van der Waals surface area contributed by atoms with Crippen LogP contribution < -0.4 is 10.6 Å². The van der Waals surface area contributed by atoms with Crippen LogP contribution in [-0.2, 0) is 0 Å². The third-order valence-electron chi connectivity index (χ3n) is 6.39. The Morgan fingerprint density at radius 2 is 1.94 bits per heavy atom. The lowest BCUT2D eigenvalue weighted by atomic mass is 10.0. The number of hydrogen-bond donors (Lipinski definition) is 2. The van der Waals surface area contributed by atoms with Crippen molar-refractivity contribution in [1.29, 1.82) is 0 Å². The van der Waals surface area contributed by atoms with Crippen LogP contribution in [0, 0.1) is 11.8 Å². The molecule has 34 heavy (non-hydrogen) atoms. The van der Waals surface area contributed by atoms with Crippen molar-refractivity contribution in [2.45, 2.75) is 32.7 Å². The normalized spacial score (nSPS) is 14.4. The van der Waals surface area contributed by atoms with E-state index in [1.54, 1.807) is 23.0 Å². The summed E-state index contributed by atoms with van der Waals surface area (Å²) in [6.07, 6.45) is 7.94. The summed E-state index contributed by atoms with van der Waals surface area (Å²) in [5.74, 6) is 1.15. The van der Waals surface area contributed by atoms with Crippen LogP contribution in [0.1, 0.15) is 37.0 Å². The van der Waals surface area contributed by atoms with Gasteiger partial charge in [-0.15, -0.1) is 0 Å². The van der Waals surface area contributed by atoms with Crippen LogP contribution in [0.15, 0.2) is 67.1 Å². The SMILES string of the molecule is CC(C)C(CNC(=O)c1ccnc(-c2cnn3ccc(-c4ccccc4)nc23)c1)NCC1CC1. The van der Waals surface area contributed by atoms with Gasteiger partial charge in [-0.3, -0.25) is 9.78 Å². The smallest absolute Gasteiger partial charge is 0.251 e. The lowest BCUT2D eigenvalue weighted by molar-refractivity contribution is 0.0946. The van der Waals surface area contributed by atoms with Gasteiger partial charge in [-0.2, -0.15) is 5.10 Å². The molecule has 7 heteroatoms.